The summed E-state index contributed by atoms with van der Waals surface area (Å²) in [4.78, 5) is 12.3. The van der Waals surface area contributed by atoms with E-state index < -0.39 is 22.5 Å². The van der Waals surface area contributed by atoms with Crippen molar-refractivity contribution in [2.24, 2.45) is 0 Å². The summed E-state index contributed by atoms with van der Waals surface area (Å²) in [5, 5.41) is 2.62. The van der Waals surface area contributed by atoms with Crippen molar-refractivity contribution in [3.05, 3.63) is 89.5 Å². The molecule has 2 N–H and O–H groups in total. The van der Waals surface area contributed by atoms with Gasteiger partial charge in [0.25, 0.3) is 10.0 Å². The summed E-state index contributed by atoms with van der Waals surface area (Å²) >= 11 is 0. The zero-order valence-corrected chi connectivity index (χ0v) is 18.7. The smallest absolute Gasteiger partial charge is 0.387 e. The average Bonchev–Trinajstić information content (AvgIpc) is 2.74. The monoisotopic (exact) mass is 472 g/mol. The van der Waals surface area contributed by atoms with E-state index in [1.165, 1.54) is 42.5 Å². The maximum absolute atomic E-state index is 12.9. The molecule has 0 heterocycles. The van der Waals surface area contributed by atoms with Crippen LogP contribution >= 0.6 is 0 Å². The van der Waals surface area contributed by atoms with Crippen LogP contribution in [0, 0.1) is 13.8 Å². The van der Waals surface area contributed by atoms with Gasteiger partial charge in [0.15, 0.2) is 0 Å². The third kappa shape index (κ3) is 6.88. The van der Waals surface area contributed by atoms with E-state index in [2.05, 4.69) is 14.8 Å². The Balaban J connectivity index is 1.71. The number of amides is 1. The predicted molar refractivity (Wildman–Crippen MR) is 124 cm³/mol. The number of carbonyl (C=O) groups is 1. The number of hydrogen-bond acceptors (Lipinski definition) is 4. The fraction of sp³-hybridized carbons (Fsp3) is 0.125. The average molecular weight is 473 g/mol. The molecule has 172 valence electrons. The van der Waals surface area contributed by atoms with Gasteiger partial charge in [-0.2, -0.15) is 8.78 Å². The highest BCUT2D eigenvalue weighted by atomic mass is 32.2. The number of hydrogen-bond donors (Lipinski definition) is 2. The Kier molecular flexibility index (Phi) is 7.44. The molecule has 0 unspecified atom stereocenters. The number of carbonyl (C=O) groups excluding carboxylic acids is 1. The van der Waals surface area contributed by atoms with Crippen molar-refractivity contribution < 1.29 is 26.7 Å². The number of halogens is 2. The third-order valence-corrected chi connectivity index (χ3v) is 6.07. The summed E-state index contributed by atoms with van der Waals surface area (Å²) in [6, 6.07) is 17.3. The second-order valence-electron chi connectivity index (χ2n) is 7.23. The van der Waals surface area contributed by atoms with Crippen molar-refractivity contribution in [1.29, 1.82) is 0 Å². The van der Waals surface area contributed by atoms with Crippen molar-refractivity contribution >= 4 is 33.4 Å². The maximum Gasteiger partial charge on any atom is 0.387 e. The molecular weight excluding hydrogens is 450 g/mol. The molecule has 0 saturated carbocycles. The van der Waals surface area contributed by atoms with Gasteiger partial charge in [-0.3, -0.25) is 9.52 Å². The summed E-state index contributed by atoms with van der Waals surface area (Å²) in [5.74, 6) is -0.471. The van der Waals surface area contributed by atoms with E-state index >= 15 is 0 Å². The highest BCUT2D eigenvalue weighted by Gasteiger charge is 2.18. The maximum atomic E-state index is 12.9. The van der Waals surface area contributed by atoms with Gasteiger partial charge in [-0.05, 0) is 73.0 Å². The molecule has 3 aromatic rings. The Labute approximate surface area is 191 Å². The zero-order chi connectivity index (χ0) is 24.0. The first-order chi connectivity index (χ1) is 15.6. The summed E-state index contributed by atoms with van der Waals surface area (Å²) in [6.45, 7) is 0.614. The number of aryl methyl sites for hydroxylation is 2. The Bertz CT molecular complexity index is 1270. The van der Waals surface area contributed by atoms with E-state index in [-0.39, 0.29) is 10.6 Å². The highest BCUT2D eigenvalue weighted by Crippen LogP contribution is 2.23. The van der Waals surface area contributed by atoms with E-state index in [0.29, 0.717) is 22.5 Å². The van der Waals surface area contributed by atoms with Gasteiger partial charge in [-0.15, -0.1) is 0 Å². The molecule has 0 fully saturated rings. The van der Waals surface area contributed by atoms with Gasteiger partial charge in [0, 0.05) is 17.5 Å². The van der Waals surface area contributed by atoms with Crippen LogP contribution in [-0.2, 0) is 14.8 Å². The molecule has 0 spiro atoms. The van der Waals surface area contributed by atoms with Gasteiger partial charge in [0.1, 0.15) is 5.75 Å². The molecule has 0 saturated heterocycles. The molecular formula is C24H22F2N2O4S. The minimum absolute atomic E-state index is 0.0132. The second kappa shape index (κ2) is 10.3. The Hall–Kier alpha value is -3.72. The quantitative estimate of drug-likeness (QED) is 0.433. The topological polar surface area (TPSA) is 84.5 Å². The number of nitrogens with one attached hydrogen (secondary N) is 2. The second-order valence-corrected chi connectivity index (χ2v) is 8.88. The van der Waals surface area contributed by atoms with Crippen LogP contribution in [0.5, 0.6) is 5.75 Å². The largest absolute Gasteiger partial charge is 0.435 e. The molecule has 0 aliphatic rings. The van der Waals surface area contributed by atoms with Crippen LogP contribution in [0.15, 0.2) is 77.7 Å². The van der Waals surface area contributed by atoms with Crippen LogP contribution in [0.2, 0.25) is 0 Å². The fourth-order valence-corrected chi connectivity index (χ4v) is 4.32. The van der Waals surface area contributed by atoms with Crippen molar-refractivity contribution in [2.45, 2.75) is 25.4 Å². The molecule has 9 heteroatoms. The molecule has 0 aliphatic heterocycles. The van der Waals surface area contributed by atoms with Crippen LogP contribution in [0.4, 0.5) is 20.2 Å². The van der Waals surface area contributed by atoms with E-state index in [1.807, 2.05) is 13.0 Å². The van der Waals surface area contributed by atoms with Crippen LogP contribution in [0.3, 0.4) is 0 Å². The molecule has 6 nitrogen and oxygen atoms in total. The molecule has 3 rings (SSSR count). The fourth-order valence-electron chi connectivity index (χ4n) is 3.00. The standard InChI is InChI=1S/C24H22F2N2O4S/c1-16-4-3-5-20(14-16)28-33(30,31)22-15-19(10-6-17(22)2)27-23(29)13-9-18-7-11-21(12-8-18)32-24(25)26/h3-15,24,28H,1-2H3,(H,27,29)/b13-9+. The molecule has 0 aliphatic carbocycles. The molecule has 0 aromatic heterocycles. The predicted octanol–water partition coefficient (Wildman–Crippen LogP) is 5.36. The first-order valence-electron chi connectivity index (χ1n) is 9.86. The Morgan fingerprint density at radius 2 is 1.70 bits per heavy atom. The van der Waals surface area contributed by atoms with E-state index in [1.54, 1.807) is 37.3 Å². The summed E-state index contributed by atoms with van der Waals surface area (Å²) in [7, 11) is -3.87. The molecule has 0 radical (unpaired) electrons. The molecule has 0 bridgehead atoms. The summed E-state index contributed by atoms with van der Waals surface area (Å²) < 4.78 is 57.0. The lowest BCUT2D eigenvalue weighted by Gasteiger charge is -2.12. The number of anilines is 2. The van der Waals surface area contributed by atoms with Crippen molar-refractivity contribution in [2.75, 3.05) is 10.0 Å². The van der Waals surface area contributed by atoms with Gasteiger partial charge in [-0.25, -0.2) is 8.42 Å². The number of ether oxygens (including phenoxy) is 1. The van der Waals surface area contributed by atoms with Crippen LogP contribution in [0.25, 0.3) is 6.08 Å². The number of rotatable bonds is 8. The third-order valence-electron chi connectivity index (χ3n) is 4.55. The number of sulfonamides is 1. The number of alkyl halides is 2. The lowest BCUT2D eigenvalue weighted by atomic mass is 10.2. The van der Waals surface area contributed by atoms with Crippen LogP contribution in [0.1, 0.15) is 16.7 Å². The van der Waals surface area contributed by atoms with E-state index in [9.17, 15) is 22.0 Å². The van der Waals surface area contributed by atoms with Gasteiger partial charge in [0.2, 0.25) is 5.91 Å². The van der Waals surface area contributed by atoms with Gasteiger partial charge in [0.05, 0.1) is 4.90 Å². The molecule has 0 atom stereocenters. The molecule has 1 amide bonds. The first kappa shape index (κ1) is 23.9. The van der Waals surface area contributed by atoms with Crippen molar-refractivity contribution in [3.63, 3.8) is 0 Å². The van der Waals surface area contributed by atoms with E-state index in [4.69, 9.17) is 0 Å². The Morgan fingerprint density at radius 1 is 0.970 bits per heavy atom. The SMILES string of the molecule is Cc1cccc(NS(=O)(=O)c2cc(NC(=O)/C=C/c3ccc(OC(F)F)cc3)ccc2C)c1. The van der Waals surface area contributed by atoms with Crippen molar-refractivity contribution in [1.82, 2.24) is 0 Å². The zero-order valence-electron chi connectivity index (χ0n) is 17.9. The molecule has 3 aromatic carbocycles. The minimum atomic E-state index is -3.87. The molecule has 33 heavy (non-hydrogen) atoms. The van der Waals surface area contributed by atoms with E-state index in [0.717, 1.165) is 5.56 Å². The summed E-state index contributed by atoms with van der Waals surface area (Å²) in [5.41, 5.74) is 2.78. The normalized spacial score (nSPS) is 11.5. The Morgan fingerprint density at radius 3 is 2.36 bits per heavy atom. The lowest BCUT2D eigenvalue weighted by molar-refractivity contribution is -0.111. The minimum Gasteiger partial charge on any atom is -0.435 e. The number of benzene rings is 3. The summed E-state index contributed by atoms with van der Waals surface area (Å²) in [6.07, 6.45) is 2.74. The van der Waals surface area contributed by atoms with Gasteiger partial charge in [-0.1, -0.05) is 30.3 Å². The lowest BCUT2D eigenvalue weighted by Crippen LogP contribution is -2.15. The van der Waals surface area contributed by atoms with Crippen LogP contribution < -0.4 is 14.8 Å². The van der Waals surface area contributed by atoms with Crippen molar-refractivity contribution in [3.8, 4) is 5.75 Å². The first-order valence-corrected chi connectivity index (χ1v) is 11.3. The highest BCUT2D eigenvalue weighted by molar-refractivity contribution is 7.92. The van der Waals surface area contributed by atoms with Crippen LogP contribution in [-0.4, -0.2) is 20.9 Å². The van der Waals surface area contributed by atoms with Gasteiger partial charge >= 0.3 is 6.61 Å². The van der Waals surface area contributed by atoms with Gasteiger partial charge < -0.3 is 10.1 Å².